The van der Waals surface area contributed by atoms with Crippen molar-refractivity contribution in [3.05, 3.63) is 56.8 Å². The van der Waals surface area contributed by atoms with Crippen LogP contribution in [0.25, 0.3) is 11.3 Å². The third-order valence-corrected chi connectivity index (χ3v) is 5.37. The van der Waals surface area contributed by atoms with E-state index >= 15 is 0 Å². The maximum absolute atomic E-state index is 5.54. The summed E-state index contributed by atoms with van der Waals surface area (Å²) in [5.74, 6) is 0.828. The summed E-state index contributed by atoms with van der Waals surface area (Å²) in [6.45, 7) is 6.17. The van der Waals surface area contributed by atoms with Crippen molar-refractivity contribution < 1.29 is 4.74 Å². The van der Waals surface area contributed by atoms with Crippen LogP contribution in [0.5, 0.6) is 5.75 Å². The van der Waals surface area contributed by atoms with Gasteiger partial charge in [-0.05, 0) is 44.4 Å². The van der Waals surface area contributed by atoms with Gasteiger partial charge in [0.05, 0.1) is 23.4 Å². The number of nitrogens with zero attached hydrogens (tertiary/aromatic N) is 3. The van der Waals surface area contributed by atoms with Crippen molar-refractivity contribution in [3.63, 3.8) is 0 Å². The molecule has 0 fully saturated rings. The molecule has 0 amide bonds. The molecule has 0 spiro atoms. The van der Waals surface area contributed by atoms with Crippen molar-refractivity contribution in [2.75, 3.05) is 7.11 Å². The molecule has 4 nitrogen and oxygen atoms in total. The number of aromatic nitrogens is 1. The van der Waals surface area contributed by atoms with Gasteiger partial charge in [0.2, 0.25) is 4.80 Å². The molecule has 25 heavy (non-hydrogen) atoms. The van der Waals surface area contributed by atoms with Crippen molar-refractivity contribution in [1.29, 1.82) is 0 Å². The standard InChI is InChI=1S/C19H21N3OS2/c1-13(2)20-19-22(21-14(3)18-10-7-11-24-18)16(12-25-19)15-8-5-6-9-17(15)23-4/h5-13H,1-4H3. The van der Waals surface area contributed by atoms with E-state index in [0.29, 0.717) is 0 Å². The van der Waals surface area contributed by atoms with E-state index in [1.54, 1.807) is 29.8 Å². The Balaban J connectivity index is 2.21. The van der Waals surface area contributed by atoms with Gasteiger partial charge in [0, 0.05) is 17.0 Å². The molecule has 0 atom stereocenters. The van der Waals surface area contributed by atoms with Crippen molar-refractivity contribution in [3.8, 4) is 17.0 Å². The minimum Gasteiger partial charge on any atom is -0.496 e. The topological polar surface area (TPSA) is 38.9 Å². The van der Waals surface area contributed by atoms with Crippen LogP contribution < -0.4 is 9.54 Å². The minimum absolute atomic E-state index is 0.202. The van der Waals surface area contributed by atoms with Gasteiger partial charge in [-0.25, -0.2) is 4.68 Å². The summed E-state index contributed by atoms with van der Waals surface area (Å²) in [7, 11) is 1.69. The summed E-state index contributed by atoms with van der Waals surface area (Å²) in [5, 5.41) is 9.02. The molecule has 0 aliphatic heterocycles. The quantitative estimate of drug-likeness (QED) is 0.590. The van der Waals surface area contributed by atoms with E-state index in [1.165, 1.54) is 0 Å². The molecule has 0 saturated carbocycles. The summed E-state index contributed by atoms with van der Waals surface area (Å²) in [4.78, 5) is 6.77. The summed E-state index contributed by atoms with van der Waals surface area (Å²) >= 11 is 3.28. The Bertz CT molecular complexity index is 934. The van der Waals surface area contributed by atoms with Gasteiger partial charge >= 0.3 is 0 Å². The molecule has 0 radical (unpaired) electrons. The van der Waals surface area contributed by atoms with Gasteiger partial charge in [-0.3, -0.25) is 4.99 Å². The van der Waals surface area contributed by atoms with E-state index in [1.807, 2.05) is 41.9 Å². The van der Waals surface area contributed by atoms with Crippen LogP contribution in [0.2, 0.25) is 0 Å². The van der Waals surface area contributed by atoms with Crippen LogP contribution in [-0.2, 0) is 0 Å². The maximum Gasteiger partial charge on any atom is 0.206 e. The van der Waals surface area contributed by atoms with Gasteiger partial charge in [-0.2, -0.15) is 5.10 Å². The number of methoxy groups -OCH3 is 1. The number of thiazole rings is 1. The lowest BCUT2D eigenvalue weighted by molar-refractivity contribution is 0.416. The molecule has 0 aliphatic carbocycles. The molecule has 0 saturated heterocycles. The van der Waals surface area contributed by atoms with Gasteiger partial charge in [-0.1, -0.05) is 18.2 Å². The fourth-order valence-corrected chi connectivity index (χ4v) is 4.06. The minimum atomic E-state index is 0.202. The number of hydrogen-bond acceptors (Lipinski definition) is 5. The molecule has 2 heterocycles. The van der Waals surface area contributed by atoms with E-state index in [0.717, 1.165) is 32.4 Å². The number of hydrogen-bond donors (Lipinski definition) is 0. The third-order valence-electron chi connectivity index (χ3n) is 3.56. The van der Waals surface area contributed by atoms with Crippen LogP contribution in [0.4, 0.5) is 0 Å². The lowest BCUT2D eigenvalue weighted by Gasteiger charge is -2.09. The molecule has 2 aromatic heterocycles. The fraction of sp³-hybridized carbons (Fsp3) is 0.263. The monoisotopic (exact) mass is 371 g/mol. The molecule has 6 heteroatoms. The van der Waals surface area contributed by atoms with E-state index in [-0.39, 0.29) is 6.04 Å². The fourth-order valence-electron chi connectivity index (χ4n) is 2.43. The number of benzene rings is 1. The van der Waals surface area contributed by atoms with Gasteiger partial charge in [0.25, 0.3) is 0 Å². The molecule has 3 aromatic rings. The Morgan fingerprint density at radius 3 is 2.60 bits per heavy atom. The molecular weight excluding hydrogens is 350 g/mol. The summed E-state index contributed by atoms with van der Waals surface area (Å²) in [6, 6.07) is 12.3. The predicted molar refractivity (Wildman–Crippen MR) is 107 cm³/mol. The summed E-state index contributed by atoms with van der Waals surface area (Å²) in [5.41, 5.74) is 2.96. The Morgan fingerprint density at radius 2 is 1.92 bits per heavy atom. The molecule has 1 aromatic carbocycles. The first-order valence-corrected chi connectivity index (χ1v) is 9.83. The van der Waals surface area contributed by atoms with Crippen LogP contribution in [0, 0.1) is 0 Å². The van der Waals surface area contributed by atoms with Crippen LogP contribution in [-0.4, -0.2) is 23.5 Å². The first-order valence-electron chi connectivity index (χ1n) is 8.07. The normalized spacial score (nSPS) is 12.8. The average Bonchev–Trinajstić information content (AvgIpc) is 3.25. The maximum atomic E-state index is 5.54. The van der Waals surface area contributed by atoms with Gasteiger partial charge in [0.15, 0.2) is 0 Å². The Morgan fingerprint density at radius 1 is 1.12 bits per heavy atom. The molecule has 3 rings (SSSR count). The van der Waals surface area contributed by atoms with E-state index in [2.05, 4.69) is 30.7 Å². The van der Waals surface area contributed by atoms with Crippen LogP contribution in [0.3, 0.4) is 0 Å². The molecular formula is C19H21N3OS2. The van der Waals surface area contributed by atoms with Gasteiger partial charge in [-0.15, -0.1) is 22.7 Å². The predicted octanol–water partition coefficient (Wildman–Crippen LogP) is 4.87. The lowest BCUT2D eigenvalue weighted by atomic mass is 10.1. The van der Waals surface area contributed by atoms with Crippen molar-refractivity contribution >= 4 is 28.4 Å². The number of ether oxygens (including phenoxy) is 1. The van der Waals surface area contributed by atoms with E-state index in [4.69, 9.17) is 14.8 Å². The molecule has 0 aliphatic rings. The molecule has 0 N–H and O–H groups in total. The zero-order valence-corrected chi connectivity index (χ0v) is 16.4. The number of para-hydroxylation sites is 1. The smallest absolute Gasteiger partial charge is 0.206 e. The second kappa shape index (κ2) is 7.80. The molecule has 130 valence electrons. The third kappa shape index (κ3) is 3.91. The lowest BCUT2D eigenvalue weighted by Crippen LogP contribution is -2.16. The highest BCUT2D eigenvalue weighted by Gasteiger charge is 2.13. The van der Waals surface area contributed by atoms with Crippen molar-refractivity contribution in [2.24, 2.45) is 10.1 Å². The Hall–Kier alpha value is -2.18. The van der Waals surface area contributed by atoms with E-state index in [9.17, 15) is 0 Å². The molecule has 0 bridgehead atoms. The van der Waals surface area contributed by atoms with Crippen LogP contribution in [0.1, 0.15) is 25.6 Å². The highest BCUT2D eigenvalue weighted by atomic mass is 32.1. The molecule has 0 unspecified atom stereocenters. The second-order valence-electron chi connectivity index (χ2n) is 5.80. The van der Waals surface area contributed by atoms with Crippen molar-refractivity contribution in [1.82, 2.24) is 4.68 Å². The SMILES string of the molecule is COc1ccccc1-c1csc(=NC(C)C)n1N=C(C)c1cccs1. The van der Waals surface area contributed by atoms with E-state index < -0.39 is 0 Å². The highest BCUT2D eigenvalue weighted by molar-refractivity contribution is 7.12. The van der Waals surface area contributed by atoms with Gasteiger partial charge < -0.3 is 4.74 Å². The Kier molecular flexibility index (Phi) is 5.50. The first kappa shape index (κ1) is 17.6. The highest BCUT2D eigenvalue weighted by Crippen LogP contribution is 2.30. The number of thiophene rings is 1. The van der Waals surface area contributed by atoms with Crippen LogP contribution >= 0.6 is 22.7 Å². The van der Waals surface area contributed by atoms with Crippen molar-refractivity contribution in [2.45, 2.75) is 26.8 Å². The zero-order valence-electron chi connectivity index (χ0n) is 14.8. The largest absolute Gasteiger partial charge is 0.496 e. The van der Waals surface area contributed by atoms with Gasteiger partial charge in [0.1, 0.15) is 5.75 Å². The average molecular weight is 372 g/mol. The summed E-state index contributed by atoms with van der Waals surface area (Å²) < 4.78 is 7.46. The second-order valence-corrected chi connectivity index (χ2v) is 7.59. The summed E-state index contributed by atoms with van der Waals surface area (Å²) in [6.07, 6.45) is 0. The first-order chi connectivity index (χ1) is 12.1. The Labute approximate surface area is 155 Å². The van der Waals surface area contributed by atoms with Crippen LogP contribution in [0.15, 0.2) is 57.3 Å². The zero-order chi connectivity index (χ0) is 17.8. The number of rotatable bonds is 5.